The summed E-state index contributed by atoms with van der Waals surface area (Å²) in [6.07, 6.45) is 1.71. The molecule has 0 aliphatic heterocycles. The third kappa shape index (κ3) is 6.24. The Morgan fingerprint density at radius 2 is 1.81 bits per heavy atom. The van der Waals surface area contributed by atoms with E-state index in [9.17, 15) is 0 Å². The molecule has 0 aliphatic carbocycles. The maximum Gasteiger partial charge on any atom is 0.191 e. The van der Waals surface area contributed by atoms with Gasteiger partial charge in [-0.25, -0.2) is 0 Å². The molecule has 0 aromatic heterocycles. The molecule has 2 N–H and O–H groups in total. The molecule has 0 heterocycles. The summed E-state index contributed by atoms with van der Waals surface area (Å²) in [5.41, 5.74) is 7.02. The van der Waals surface area contributed by atoms with Gasteiger partial charge >= 0.3 is 0 Å². The highest BCUT2D eigenvalue weighted by atomic mass is 32.1. The third-order valence-corrected chi connectivity index (χ3v) is 3.95. The van der Waals surface area contributed by atoms with Gasteiger partial charge in [-0.15, -0.1) is 0 Å². The molecule has 5 heteroatoms. The number of nitrogens with one attached hydrogen (secondary N) is 2. The van der Waals surface area contributed by atoms with Crippen LogP contribution in [0.4, 0.5) is 5.69 Å². The summed E-state index contributed by atoms with van der Waals surface area (Å²) in [5, 5.41) is 7.67. The second kappa shape index (κ2) is 9.50. The molecule has 0 amide bonds. The van der Waals surface area contributed by atoms with E-state index in [4.69, 9.17) is 17.0 Å². The fraction of sp³-hybridized carbons (Fsp3) is 0.0909. The van der Waals surface area contributed by atoms with Gasteiger partial charge in [-0.1, -0.05) is 60.2 Å². The monoisotopic (exact) mass is 375 g/mol. The summed E-state index contributed by atoms with van der Waals surface area (Å²) in [6.45, 7) is 2.61. The van der Waals surface area contributed by atoms with E-state index in [1.807, 2.05) is 60.7 Å². The topological polar surface area (TPSA) is 45.6 Å². The van der Waals surface area contributed by atoms with Gasteiger partial charge in [0.05, 0.1) is 6.21 Å². The van der Waals surface area contributed by atoms with Crippen LogP contribution in [-0.2, 0) is 6.61 Å². The second-order valence-corrected chi connectivity index (χ2v) is 6.45. The second-order valence-electron chi connectivity index (χ2n) is 6.04. The van der Waals surface area contributed by atoms with E-state index >= 15 is 0 Å². The molecule has 0 bridgehead atoms. The maximum absolute atomic E-state index is 5.87. The van der Waals surface area contributed by atoms with Crippen molar-refractivity contribution in [1.82, 2.24) is 5.43 Å². The van der Waals surface area contributed by atoms with E-state index < -0.39 is 0 Å². The quantitative estimate of drug-likeness (QED) is 0.366. The van der Waals surface area contributed by atoms with E-state index in [0.29, 0.717) is 11.7 Å². The molecule has 0 radical (unpaired) electrons. The van der Waals surface area contributed by atoms with Crippen LogP contribution in [0.5, 0.6) is 5.75 Å². The molecule has 0 saturated carbocycles. The number of ether oxygens (including phenoxy) is 1. The lowest BCUT2D eigenvalue weighted by molar-refractivity contribution is 0.306. The van der Waals surface area contributed by atoms with Crippen molar-refractivity contribution in [3.8, 4) is 5.75 Å². The molecule has 3 aromatic rings. The highest BCUT2D eigenvalue weighted by Crippen LogP contribution is 2.15. The number of para-hydroxylation sites is 1. The summed E-state index contributed by atoms with van der Waals surface area (Å²) in [5.74, 6) is 0.797. The van der Waals surface area contributed by atoms with Crippen molar-refractivity contribution in [1.29, 1.82) is 0 Å². The first-order valence-electron chi connectivity index (χ1n) is 8.62. The average molecular weight is 375 g/mol. The fourth-order valence-electron chi connectivity index (χ4n) is 2.50. The zero-order valence-corrected chi connectivity index (χ0v) is 15.9. The van der Waals surface area contributed by atoms with Crippen LogP contribution in [0, 0.1) is 6.92 Å². The molecule has 0 spiro atoms. The van der Waals surface area contributed by atoms with Crippen LogP contribution < -0.4 is 15.5 Å². The van der Waals surface area contributed by atoms with Crippen molar-refractivity contribution in [2.45, 2.75) is 13.5 Å². The van der Waals surface area contributed by atoms with E-state index in [-0.39, 0.29) is 0 Å². The van der Waals surface area contributed by atoms with Crippen LogP contribution in [0.15, 0.2) is 84.0 Å². The Labute approximate surface area is 164 Å². The molecule has 0 fully saturated rings. The van der Waals surface area contributed by atoms with E-state index in [2.05, 4.69) is 41.0 Å². The van der Waals surface area contributed by atoms with Crippen LogP contribution in [-0.4, -0.2) is 11.3 Å². The molecule has 4 nitrogen and oxygen atoms in total. The van der Waals surface area contributed by atoms with Crippen LogP contribution >= 0.6 is 12.2 Å². The van der Waals surface area contributed by atoms with Gasteiger partial charge in [0.1, 0.15) is 12.4 Å². The number of nitrogens with zero attached hydrogens (tertiary/aromatic N) is 1. The largest absolute Gasteiger partial charge is 0.489 e. The lowest BCUT2D eigenvalue weighted by Gasteiger charge is -2.08. The van der Waals surface area contributed by atoms with Crippen molar-refractivity contribution < 1.29 is 4.74 Å². The van der Waals surface area contributed by atoms with Gasteiger partial charge < -0.3 is 10.1 Å². The number of benzene rings is 3. The standard InChI is InChI=1S/C22H21N3OS/c1-17-7-5-9-19(13-17)16-26-21-12-6-8-18(14-21)15-23-25-22(27)24-20-10-3-2-4-11-20/h2-15H,16H2,1H3,(H2,24,25,27)/b23-15+. The average Bonchev–Trinajstić information content (AvgIpc) is 2.68. The maximum atomic E-state index is 5.87. The molecule has 27 heavy (non-hydrogen) atoms. The molecule has 0 aliphatic rings. The van der Waals surface area contributed by atoms with Crippen LogP contribution in [0.25, 0.3) is 0 Å². The number of hydrazone groups is 1. The predicted molar refractivity (Wildman–Crippen MR) is 115 cm³/mol. The van der Waals surface area contributed by atoms with E-state index in [1.54, 1.807) is 6.21 Å². The van der Waals surface area contributed by atoms with Gasteiger partial charge in [0.2, 0.25) is 0 Å². The van der Waals surface area contributed by atoms with Crippen LogP contribution in [0.1, 0.15) is 16.7 Å². The highest BCUT2D eigenvalue weighted by molar-refractivity contribution is 7.80. The predicted octanol–water partition coefficient (Wildman–Crippen LogP) is 4.89. The Morgan fingerprint density at radius 3 is 2.63 bits per heavy atom. The molecular weight excluding hydrogens is 354 g/mol. The summed E-state index contributed by atoms with van der Waals surface area (Å²) in [6, 6.07) is 25.8. The number of thiocarbonyl (C=S) groups is 1. The molecule has 136 valence electrons. The number of hydrogen-bond donors (Lipinski definition) is 2. The fourth-order valence-corrected chi connectivity index (χ4v) is 2.67. The molecule has 3 aromatic carbocycles. The van der Waals surface area contributed by atoms with Crippen molar-refractivity contribution >= 4 is 29.2 Å². The summed E-state index contributed by atoms with van der Waals surface area (Å²) in [7, 11) is 0. The van der Waals surface area contributed by atoms with Crippen molar-refractivity contribution in [2.75, 3.05) is 5.32 Å². The minimum Gasteiger partial charge on any atom is -0.489 e. The summed E-state index contributed by atoms with van der Waals surface area (Å²) >= 11 is 5.22. The zero-order valence-electron chi connectivity index (χ0n) is 15.1. The van der Waals surface area contributed by atoms with Gasteiger partial charge in [0.15, 0.2) is 5.11 Å². The Kier molecular flexibility index (Phi) is 6.55. The van der Waals surface area contributed by atoms with Gasteiger partial charge in [0, 0.05) is 5.69 Å². The van der Waals surface area contributed by atoms with Crippen LogP contribution in [0.2, 0.25) is 0 Å². The summed E-state index contributed by atoms with van der Waals surface area (Å²) in [4.78, 5) is 0. The molecule has 3 rings (SSSR count). The number of aryl methyl sites for hydroxylation is 1. The zero-order chi connectivity index (χ0) is 18.9. The van der Waals surface area contributed by atoms with Crippen molar-refractivity contribution in [3.05, 3.63) is 95.6 Å². The SMILES string of the molecule is Cc1cccc(COc2cccc(/C=N/NC(=S)Nc3ccccc3)c2)c1. The van der Waals surface area contributed by atoms with Crippen molar-refractivity contribution in [2.24, 2.45) is 5.10 Å². The Hall–Kier alpha value is -3.18. The van der Waals surface area contributed by atoms with Gasteiger partial charge in [-0.2, -0.15) is 5.10 Å². The lowest BCUT2D eigenvalue weighted by Crippen LogP contribution is -2.23. The van der Waals surface area contributed by atoms with E-state index in [1.165, 1.54) is 5.56 Å². The Morgan fingerprint density at radius 1 is 1.00 bits per heavy atom. The number of hydrogen-bond acceptors (Lipinski definition) is 3. The first-order valence-corrected chi connectivity index (χ1v) is 9.03. The van der Waals surface area contributed by atoms with Gasteiger partial charge in [0.25, 0.3) is 0 Å². The van der Waals surface area contributed by atoms with E-state index in [0.717, 1.165) is 22.6 Å². The van der Waals surface area contributed by atoms with Gasteiger partial charge in [-0.05, 0) is 54.5 Å². The molecule has 0 saturated heterocycles. The highest BCUT2D eigenvalue weighted by Gasteiger charge is 1.98. The molecule has 0 atom stereocenters. The van der Waals surface area contributed by atoms with Crippen LogP contribution in [0.3, 0.4) is 0 Å². The Balaban J connectivity index is 1.52. The van der Waals surface area contributed by atoms with Crippen molar-refractivity contribution in [3.63, 3.8) is 0 Å². The minimum absolute atomic E-state index is 0.435. The smallest absolute Gasteiger partial charge is 0.191 e. The number of rotatable bonds is 6. The lowest BCUT2D eigenvalue weighted by atomic mass is 10.1. The third-order valence-electron chi connectivity index (χ3n) is 3.76. The number of anilines is 1. The Bertz CT molecular complexity index is 926. The summed E-state index contributed by atoms with van der Waals surface area (Å²) < 4.78 is 5.87. The molecular formula is C22H21N3OS. The first kappa shape index (κ1) is 18.6. The minimum atomic E-state index is 0.435. The molecule has 0 unspecified atom stereocenters. The first-order chi connectivity index (χ1) is 13.2. The normalized spacial score (nSPS) is 10.6. The van der Waals surface area contributed by atoms with Gasteiger partial charge in [-0.3, -0.25) is 5.43 Å².